The van der Waals surface area contributed by atoms with E-state index in [4.69, 9.17) is 4.42 Å². The number of nitrogens with zero attached hydrogens (tertiary/aromatic N) is 2. The Morgan fingerprint density at radius 3 is 2.85 bits per heavy atom. The smallest absolute Gasteiger partial charge is 0.226 e. The average Bonchev–Trinajstić information content (AvgIpc) is 3.18. The Labute approximate surface area is 119 Å². The van der Waals surface area contributed by atoms with Crippen LogP contribution in [0.3, 0.4) is 0 Å². The molecule has 1 aromatic heterocycles. The van der Waals surface area contributed by atoms with E-state index in [1.807, 2.05) is 18.1 Å². The maximum absolute atomic E-state index is 12.9. The first kappa shape index (κ1) is 12.4. The maximum Gasteiger partial charge on any atom is 0.226 e. The fourth-order valence-electron chi connectivity index (χ4n) is 4.94. The van der Waals surface area contributed by atoms with Crippen molar-refractivity contribution in [1.29, 1.82) is 0 Å². The number of oxazole rings is 1. The molecule has 2 bridgehead atoms. The molecule has 20 heavy (non-hydrogen) atoms. The quantitative estimate of drug-likeness (QED) is 0.851. The van der Waals surface area contributed by atoms with Gasteiger partial charge in [0.05, 0.1) is 12.1 Å². The summed E-state index contributed by atoms with van der Waals surface area (Å²) in [6.07, 6.45) is 11.6. The number of fused-ring (bicyclic) bond motifs is 1. The first-order chi connectivity index (χ1) is 9.72. The average molecular weight is 274 g/mol. The van der Waals surface area contributed by atoms with Gasteiger partial charge < -0.3 is 9.32 Å². The van der Waals surface area contributed by atoms with Gasteiger partial charge in [0, 0.05) is 18.5 Å². The molecule has 0 saturated heterocycles. The summed E-state index contributed by atoms with van der Waals surface area (Å²) in [7, 11) is 2.00. The lowest BCUT2D eigenvalue weighted by molar-refractivity contribution is -0.145. The molecule has 0 N–H and O–H groups in total. The van der Waals surface area contributed by atoms with Gasteiger partial charge in [-0.1, -0.05) is 12.8 Å². The van der Waals surface area contributed by atoms with Crippen LogP contribution in [-0.2, 0) is 10.2 Å². The zero-order chi connectivity index (χ0) is 13.7. The molecule has 4 heteroatoms. The van der Waals surface area contributed by atoms with Crippen molar-refractivity contribution in [3.05, 3.63) is 18.4 Å². The third kappa shape index (κ3) is 1.54. The fraction of sp³-hybridized carbons (Fsp3) is 0.750. The van der Waals surface area contributed by atoms with E-state index in [9.17, 15) is 4.79 Å². The van der Waals surface area contributed by atoms with E-state index >= 15 is 0 Å². The van der Waals surface area contributed by atoms with E-state index in [2.05, 4.69) is 4.98 Å². The first-order valence-corrected chi connectivity index (χ1v) is 7.88. The van der Waals surface area contributed by atoms with Gasteiger partial charge in [-0.05, 0) is 38.0 Å². The van der Waals surface area contributed by atoms with Crippen molar-refractivity contribution in [2.75, 3.05) is 7.05 Å². The van der Waals surface area contributed by atoms with Crippen LogP contribution in [0.25, 0.3) is 0 Å². The molecule has 4 aliphatic carbocycles. The molecular formula is C16H22N2O2. The van der Waals surface area contributed by atoms with Gasteiger partial charge in [0.25, 0.3) is 0 Å². The number of carbonyl (C=O) groups excluding carboxylic acids is 1. The summed E-state index contributed by atoms with van der Waals surface area (Å²) in [5, 5.41) is 0. The summed E-state index contributed by atoms with van der Waals surface area (Å²) >= 11 is 0. The maximum atomic E-state index is 12.9. The summed E-state index contributed by atoms with van der Waals surface area (Å²) in [6, 6.07) is 0.467. The van der Waals surface area contributed by atoms with Crippen molar-refractivity contribution in [2.45, 2.75) is 56.4 Å². The minimum atomic E-state index is -0.0366. The van der Waals surface area contributed by atoms with Crippen LogP contribution in [-0.4, -0.2) is 28.9 Å². The first-order valence-electron chi connectivity index (χ1n) is 7.88. The summed E-state index contributed by atoms with van der Waals surface area (Å²) in [5.74, 6) is 1.99. The molecule has 0 radical (unpaired) electrons. The molecule has 3 atom stereocenters. The third-order valence-electron chi connectivity index (χ3n) is 6.06. The molecular weight excluding hydrogens is 252 g/mol. The normalized spacial score (nSPS) is 36.0. The molecule has 4 fully saturated rings. The van der Waals surface area contributed by atoms with Crippen molar-refractivity contribution in [3.8, 4) is 0 Å². The minimum Gasteiger partial charge on any atom is -0.448 e. The second-order valence-electron chi connectivity index (χ2n) is 6.89. The zero-order valence-electron chi connectivity index (χ0n) is 12.0. The molecule has 1 heterocycles. The molecule has 5 rings (SSSR count). The minimum absolute atomic E-state index is 0.0366. The van der Waals surface area contributed by atoms with E-state index in [-0.39, 0.29) is 11.3 Å². The molecule has 1 aromatic rings. The van der Waals surface area contributed by atoms with E-state index in [0.29, 0.717) is 17.9 Å². The Morgan fingerprint density at radius 1 is 1.40 bits per heavy atom. The van der Waals surface area contributed by atoms with E-state index < -0.39 is 0 Å². The second kappa shape index (κ2) is 4.34. The topological polar surface area (TPSA) is 46.3 Å². The lowest BCUT2D eigenvalue weighted by atomic mass is 9.58. The Balaban J connectivity index is 1.57. The van der Waals surface area contributed by atoms with E-state index in [1.54, 1.807) is 0 Å². The monoisotopic (exact) mass is 274 g/mol. The van der Waals surface area contributed by atoms with Gasteiger partial charge >= 0.3 is 0 Å². The van der Waals surface area contributed by atoms with Crippen LogP contribution in [0.5, 0.6) is 0 Å². The van der Waals surface area contributed by atoms with E-state index in [0.717, 1.165) is 25.0 Å². The van der Waals surface area contributed by atoms with Crippen molar-refractivity contribution in [3.63, 3.8) is 0 Å². The zero-order valence-corrected chi connectivity index (χ0v) is 12.0. The van der Waals surface area contributed by atoms with Gasteiger partial charge in [0.15, 0.2) is 6.39 Å². The van der Waals surface area contributed by atoms with Crippen LogP contribution in [0.4, 0.5) is 0 Å². The van der Waals surface area contributed by atoms with Crippen molar-refractivity contribution >= 4 is 5.91 Å². The highest BCUT2D eigenvalue weighted by atomic mass is 16.3. The van der Waals surface area contributed by atoms with Crippen molar-refractivity contribution in [1.82, 2.24) is 9.88 Å². The lowest BCUT2D eigenvalue weighted by Crippen LogP contribution is -2.54. The number of rotatable bonds is 3. The Bertz CT molecular complexity index is 503. The fourth-order valence-corrected chi connectivity index (χ4v) is 4.94. The third-order valence-corrected chi connectivity index (χ3v) is 6.06. The standard InChI is InChI=1S/C16H22N2O2/c1-18(12-4-2-3-5-12)15(19)14-11-6-7-16(14,8-11)13-9-17-10-20-13/h9-12,14H,2-8H2,1H3. The summed E-state index contributed by atoms with van der Waals surface area (Å²) < 4.78 is 5.56. The van der Waals surface area contributed by atoms with Crippen LogP contribution < -0.4 is 0 Å². The number of amides is 1. The summed E-state index contributed by atoms with van der Waals surface area (Å²) in [4.78, 5) is 19.0. The number of hydrogen-bond donors (Lipinski definition) is 0. The Morgan fingerprint density at radius 2 is 2.20 bits per heavy atom. The molecule has 3 unspecified atom stereocenters. The lowest BCUT2D eigenvalue weighted by Gasteiger charge is -2.46. The summed E-state index contributed by atoms with van der Waals surface area (Å²) in [6.45, 7) is 0. The molecule has 4 nitrogen and oxygen atoms in total. The molecule has 1 amide bonds. The summed E-state index contributed by atoms with van der Waals surface area (Å²) in [5.41, 5.74) is -0.0366. The second-order valence-corrected chi connectivity index (χ2v) is 6.89. The SMILES string of the molecule is CN(C(=O)C1C2CCC1(c1cnco1)C2)C1CCCC1. The molecule has 0 aromatic carbocycles. The predicted octanol–water partition coefficient (Wildman–Crippen LogP) is 2.74. The van der Waals surface area contributed by atoms with Gasteiger partial charge in [0.1, 0.15) is 5.76 Å². The number of carbonyl (C=O) groups is 1. The van der Waals surface area contributed by atoms with Gasteiger partial charge in [-0.25, -0.2) is 4.98 Å². The Hall–Kier alpha value is -1.32. The van der Waals surface area contributed by atoms with Crippen LogP contribution in [0.1, 0.15) is 50.7 Å². The molecule has 108 valence electrons. The predicted molar refractivity (Wildman–Crippen MR) is 74.0 cm³/mol. The van der Waals surface area contributed by atoms with Gasteiger partial charge in [0.2, 0.25) is 5.91 Å². The van der Waals surface area contributed by atoms with E-state index in [1.165, 1.54) is 32.1 Å². The number of hydrogen-bond acceptors (Lipinski definition) is 3. The van der Waals surface area contributed by atoms with Crippen molar-refractivity contribution in [2.24, 2.45) is 11.8 Å². The van der Waals surface area contributed by atoms with Gasteiger partial charge in [-0.15, -0.1) is 0 Å². The van der Waals surface area contributed by atoms with Gasteiger partial charge in [-0.3, -0.25) is 4.79 Å². The van der Waals surface area contributed by atoms with Crippen LogP contribution in [0, 0.1) is 11.8 Å². The molecule has 4 saturated carbocycles. The van der Waals surface area contributed by atoms with Crippen LogP contribution in [0.2, 0.25) is 0 Å². The highest BCUT2D eigenvalue weighted by Gasteiger charge is 2.65. The van der Waals surface area contributed by atoms with Gasteiger partial charge in [-0.2, -0.15) is 0 Å². The van der Waals surface area contributed by atoms with Crippen LogP contribution in [0.15, 0.2) is 17.0 Å². The number of aromatic nitrogens is 1. The largest absolute Gasteiger partial charge is 0.448 e. The molecule has 0 spiro atoms. The van der Waals surface area contributed by atoms with Crippen molar-refractivity contribution < 1.29 is 9.21 Å². The molecule has 0 aliphatic heterocycles. The highest BCUT2D eigenvalue weighted by molar-refractivity contribution is 5.83. The Kier molecular flexibility index (Phi) is 2.69. The van der Waals surface area contributed by atoms with Crippen LogP contribution >= 0.6 is 0 Å². The highest BCUT2D eigenvalue weighted by Crippen LogP contribution is 2.64. The molecule has 4 aliphatic rings.